The van der Waals surface area contributed by atoms with Gasteiger partial charge in [0.15, 0.2) is 0 Å². The summed E-state index contributed by atoms with van der Waals surface area (Å²) in [6.45, 7) is 0.686. The van der Waals surface area contributed by atoms with Crippen LogP contribution in [0.25, 0.3) is 0 Å². The highest BCUT2D eigenvalue weighted by Gasteiger charge is 2.36. The van der Waals surface area contributed by atoms with Crippen molar-refractivity contribution in [3.05, 3.63) is 22.4 Å². The first-order chi connectivity index (χ1) is 7.63. The minimum Gasteiger partial charge on any atom is -0.329 e. The van der Waals surface area contributed by atoms with E-state index in [9.17, 15) is 8.42 Å². The van der Waals surface area contributed by atoms with Crippen molar-refractivity contribution in [1.82, 2.24) is 4.31 Å². The Balaban J connectivity index is 2.11. The number of hydrogen-bond acceptors (Lipinski definition) is 4. The fraction of sp³-hybridized carbons (Fsp3) is 0.600. The van der Waals surface area contributed by atoms with Gasteiger partial charge in [-0.1, -0.05) is 0 Å². The van der Waals surface area contributed by atoms with Gasteiger partial charge in [0.1, 0.15) is 0 Å². The van der Waals surface area contributed by atoms with Gasteiger partial charge in [0, 0.05) is 19.1 Å². The van der Waals surface area contributed by atoms with E-state index < -0.39 is 10.0 Å². The predicted octanol–water partition coefficient (Wildman–Crippen LogP) is 1.00. The molecule has 0 spiro atoms. The largest absolute Gasteiger partial charge is 0.329 e. The summed E-state index contributed by atoms with van der Waals surface area (Å²) in [5.74, 6) is 0.0492. The Morgan fingerprint density at radius 2 is 2.25 bits per heavy atom. The Morgan fingerprint density at radius 1 is 1.50 bits per heavy atom. The molecule has 1 saturated carbocycles. The summed E-state index contributed by atoms with van der Waals surface area (Å²) in [5.41, 5.74) is 6.41. The standard InChI is InChI=1S/C10H16N2O2S2/c11-4-6-16(13,14)12(10-1-2-10)7-9-3-5-15-8-9/h3,5,8,10H,1-2,4,6-7,11H2. The third-order valence-electron chi connectivity index (χ3n) is 2.61. The lowest BCUT2D eigenvalue weighted by Gasteiger charge is -2.20. The van der Waals surface area contributed by atoms with Crippen molar-refractivity contribution in [2.24, 2.45) is 5.73 Å². The number of hydrogen-bond donors (Lipinski definition) is 1. The van der Waals surface area contributed by atoms with E-state index in [0.29, 0.717) is 6.54 Å². The highest BCUT2D eigenvalue weighted by atomic mass is 32.2. The summed E-state index contributed by atoms with van der Waals surface area (Å²) >= 11 is 1.59. The van der Waals surface area contributed by atoms with Crippen LogP contribution < -0.4 is 5.73 Å². The van der Waals surface area contributed by atoms with Crippen LogP contribution in [0.15, 0.2) is 16.8 Å². The molecule has 1 aliphatic carbocycles. The molecule has 2 N–H and O–H groups in total. The smallest absolute Gasteiger partial charge is 0.215 e. The van der Waals surface area contributed by atoms with Crippen molar-refractivity contribution >= 4 is 21.4 Å². The second-order valence-electron chi connectivity index (χ2n) is 4.01. The van der Waals surface area contributed by atoms with Crippen molar-refractivity contribution in [2.45, 2.75) is 25.4 Å². The maximum absolute atomic E-state index is 12.0. The Labute approximate surface area is 100 Å². The van der Waals surface area contributed by atoms with Crippen molar-refractivity contribution in [2.75, 3.05) is 12.3 Å². The molecule has 1 aromatic heterocycles. The maximum atomic E-state index is 12.0. The zero-order valence-corrected chi connectivity index (χ0v) is 10.6. The van der Waals surface area contributed by atoms with Crippen molar-refractivity contribution < 1.29 is 8.42 Å². The van der Waals surface area contributed by atoms with Gasteiger partial charge in [0.25, 0.3) is 0 Å². The highest BCUT2D eigenvalue weighted by molar-refractivity contribution is 7.89. The van der Waals surface area contributed by atoms with Crippen LogP contribution in [0.3, 0.4) is 0 Å². The van der Waals surface area contributed by atoms with Crippen LogP contribution in [-0.2, 0) is 16.6 Å². The average Bonchev–Trinajstić information content (AvgIpc) is 2.92. The molecule has 0 amide bonds. The summed E-state index contributed by atoms with van der Waals surface area (Å²) in [7, 11) is -3.17. The number of sulfonamides is 1. The first-order valence-corrected chi connectivity index (χ1v) is 7.89. The van der Waals surface area contributed by atoms with Crippen LogP contribution >= 0.6 is 11.3 Å². The van der Waals surface area contributed by atoms with E-state index in [-0.39, 0.29) is 18.3 Å². The van der Waals surface area contributed by atoms with Gasteiger partial charge < -0.3 is 5.73 Å². The first-order valence-electron chi connectivity index (χ1n) is 5.34. The number of nitrogens with two attached hydrogens (primary N) is 1. The Morgan fingerprint density at radius 3 is 2.75 bits per heavy atom. The summed E-state index contributed by atoms with van der Waals surface area (Å²) in [6.07, 6.45) is 1.96. The van der Waals surface area contributed by atoms with Crippen LogP contribution in [0, 0.1) is 0 Å². The van der Waals surface area contributed by atoms with Gasteiger partial charge in [-0.25, -0.2) is 8.42 Å². The minimum absolute atomic E-state index is 0.0492. The van der Waals surface area contributed by atoms with Gasteiger partial charge in [-0.2, -0.15) is 15.6 Å². The summed E-state index contributed by atoms with van der Waals surface area (Å²) < 4.78 is 25.6. The van der Waals surface area contributed by atoms with E-state index in [2.05, 4.69) is 0 Å². The fourth-order valence-corrected chi connectivity index (χ4v) is 3.85. The Bertz CT molecular complexity index is 424. The Kier molecular flexibility index (Phi) is 3.63. The Hall–Kier alpha value is -0.430. The molecule has 1 heterocycles. The third-order valence-corrected chi connectivity index (χ3v) is 5.23. The van der Waals surface area contributed by atoms with Crippen molar-refractivity contribution in [3.63, 3.8) is 0 Å². The van der Waals surface area contributed by atoms with Gasteiger partial charge >= 0.3 is 0 Å². The quantitative estimate of drug-likeness (QED) is 0.830. The molecule has 16 heavy (non-hydrogen) atoms. The number of rotatable bonds is 6. The zero-order valence-electron chi connectivity index (χ0n) is 9.00. The summed E-state index contributed by atoms with van der Waals surface area (Å²) in [4.78, 5) is 0. The SMILES string of the molecule is NCCS(=O)(=O)N(Cc1ccsc1)C1CC1. The normalized spacial score (nSPS) is 16.9. The van der Waals surface area contributed by atoms with Crippen LogP contribution in [0.5, 0.6) is 0 Å². The third kappa shape index (κ3) is 2.82. The van der Waals surface area contributed by atoms with Gasteiger partial charge in [-0.05, 0) is 35.2 Å². The van der Waals surface area contributed by atoms with E-state index in [1.165, 1.54) is 0 Å². The van der Waals surface area contributed by atoms with Crippen LogP contribution in [0.1, 0.15) is 18.4 Å². The molecule has 4 nitrogen and oxygen atoms in total. The molecule has 0 bridgehead atoms. The summed E-state index contributed by atoms with van der Waals surface area (Å²) in [5, 5.41) is 3.96. The molecule has 0 radical (unpaired) electrons. The topological polar surface area (TPSA) is 63.4 Å². The maximum Gasteiger partial charge on any atom is 0.215 e. The van der Waals surface area contributed by atoms with E-state index >= 15 is 0 Å². The van der Waals surface area contributed by atoms with E-state index in [1.54, 1.807) is 15.6 Å². The predicted molar refractivity (Wildman–Crippen MR) is 65.7 cm³/mol. The molecular formula is C10H16N2O2S2. The minimum atomic E-state index is -3.17. The van der Waals surface area contributed by atoms with E-state index in [4.69, 9.17) is 5.73 Å². The first kappa shape index (κ1) is 12.0. The monoisotopic (exact) mass is 260 g/mol. The van der Waals surface area contributed by atoms with Crippen molar-refractivity contribution in [3.8, 4) is 0 Å². The van der Waals surface area contributed by atoms with Crippen LogP contribution in [0.2, 0.25) is 0 Å². The average molecular weight is 260 g/mol. The van der Waals surface area contributed by atoms with Gasteiger partial charge in [0.2, 0.25) is 10.0 Å². The highest BCUT2D eigenvalue weighted by Crippen LogP contribution is 2.31. The van der Waals surface area contributed by atoms with Crippen LogP contribution in [-0.4, -0.2) is 31.1 Å². The second kappa shape index (κ2) is 4.83. The van der Waals surface area contributed by atoms with Crippen molar-refractivity contribution in [1.29, 1.82) is 0 Å². The second-order valence-corrected chi connectivity index (χ2v) is 6.83. The fourth-order valence-electron chi connectivity index (χ4n) is 1.65. The van der Waals surface area contributed by atoms with Crippen LogP contribution in [0.4, 0.5) is 0 Å². The van der Waals surface area contributed by atoms with Gasteiger partial charge in [0.05, 0.1) is 5.75 Å². The summed E-state index contributed by atoms with van der Waals surface area (Å²) in [6, 6.07) is 2.18. The molecule has 0 aromatic carbocycles. The van der Waals surface area contributed by atoms with Gasteiger partial charge in [-0.15, -0.1) is 0 Å². The van der Waals surface area contributed by atoms with E-state index in [0.717, 1.165) is 18.4 Å². The molecule has 0 atom stereocenters. The zero-order chi connectivity index (χ0) is 11.6. The number of nitrogens with zero attached hydrogens (tertiary/aromatic N) is 1. The molecule has 0 saturated heterocycles. The molecule has 0 unspecified atom stereocenters. The lowest BCUT2D eigenvalue weighted by Crippen LogP contribution is -2.36. The van der Waals surface area contributed by atoms with E-state index in [1.807, 2.05) is 16.8 Å². The molecular weight excluding hydrogens is 244 g/mol. The number of thiophene rings is 1. The molecule has 1 aromatic rings. The molecule has 1 fully saturated rings. The lowest BCUT2D eigenvalue weighted by atomic mass is 10.3. The lowest BCUT2D eigenvalue weighted by molar-refractivity contribution is 0.399. The molecule has 0 aliphatic heterocycles. The molecule has 2 rings (SSSR count). The van der Waals surface area contributed by atoms with Gasteiger partial charge in [-0.3, -0.25) is 0 Å². The molecule has 90 valence electrons. The molecule has 1 aliphatic rings. The molecule has 6 heteroatoms.